The third-order valence-electron chi connectivity index (χ3n) is 2.14. The molecule has 94 valence electrons. The number of hydrogen-bond acceptors (Lipinski definition) is 4. The molecule has 0 aromatic carbocycles. The Balaban J connectivity index is 4.60. The molecular weight excluding hydrogens is 227 g/mol. The van der Waals surface area contributed by atoms with Crippen LogP contribution in [-0.4, -0.2) is 25.0 Å². The van der Waals surface area contributed by atoms with E-state index in [2.05, 4.69) is 0 Å². The molecule has 0 heterocycles. The lowest BCUT2D eigenvalue weighted by Crippen LogP contribution is -2.30. The molecule has 3 atom stereocenters. The zero-order chi connectivity index (χ0) is 12.6. The first-order valence-corrected chi connectivity index (χ1v) is 6.71. The molecule has 0 aliphatic heterocycles. The molecule has 0 fully saturated rings. The summed E-state index contributed by atoms with van der Waals surface area (Å²) in [5.74, 6) is -0.922. The minimum Gasteiger partial charge on any atom is -0.466 e. The van der Waals surface area contributed by atoms with Crippen molar-refractivity contribution in [3.63, 3.8) is 0 Å². The molecule has 3 unspecified atom stereocenters. The van der Waals surface area contributed by atoms with Gasteiger partial charge in [-0.2, -0.15) is 0 Å². The van der Waals surface area contributed by atoms with E-state index in [9.17, 15) is 9.36 Å². The van der Waals surface area contributed by atoms with Crippen molar-refractivity contribution in [2.24, 2.45) is 11.8 Å². The molecule has 0 N–H and O–H groups in total. The molecule has 0 saturated heterocycles. The van der Waals surface area contributed by atoms with Crippen LogP contribution in [0.25, 0.3) is 0 Å². The van der Waals surface area contributed by atoms with Gasteiger partial charge in [-0.05, 0) is 26.2 Å². The molecule has 0 aromatic heterocycles. The third-order valence-corrected chi connectivity index (χ3v) is 2.94. The van der Waals surface area contributed by atoms with E-state index >= 15 is 0 Å². The van der Waals surface area contributed by atoms with Crippen molar-refractivity contribution in [3.8, 4) is 0 Å². The number of carbonyl (C=O) groups is 1. The fourth-order valence-corrected chi connectivity index (χ4v) is 2.18. The Labute approximate surface area is 98.9 Å². The van der Waals surface area contributed by atoms with E-state index in [1.54, 1.807) is 6.92 Å². The van der Waals surface area contributed by atoms with Crippen molar-refractivity contribution in [1.29, 1.82) is 0 Å². The number of rotatable bonds is 8. The topological polar surface area (TPSA) is 52.6 Å². The van der Waals surface area contributed by atoms with Crippen LogP contribution >= 0.6 is 8.46 Å². The Morgan fingerprint density at radius 3 is 2.25 bits per heavy atom. The van der Waals surface area contributed by atoms with Crippen LogP contribution < -0.4 is 0 Å². The monoisotopic (exact) mass is 249 g/mol. The molecule has 16 heavy (non-hydrogen) atoms. The maximum absolute atomic E-state index is 11.7. The smallest absolute Gasteiger partial charge is 0.357 e. The van der Waals surface area contributed by atoms with Crippen LogP contribution in [0, 0.1) is 11.8 Å². The minimum absolute atomic E-state index is 0.307. The van der Waals surface area contributed by atoms with Crippen molar-refractivity contribution in [2.75, 3.05) is 13.2 Å². The summed E-state index contributed by atoms with van der Waals surface area (Å²) in [6.07, 6.45) is 0.638. The molecule has 0 spiro atoms. The van der Waals surface area contributed by atoms with Crippen LogP contribution in [0.4, 0.5) is 0 Å². The van der Waals surface area contributed by atoms with E-state index in [1.807, 2.05) is 20.8 Å². The summed E-state index contributed by atoms with van der Waals surface area (Å²) < 4.78 is 21.3. The van der Waals surface area contributed by atoms with E-state index in [-0.39, 0.29) is 5.97 Å². The van der Waals surface area contributed by atoms with Crippen molar-refractivity contribution in [3.05, 3.63) is 0 Å². The largest absolute Gasteiger partial charge is 0.466 e. The van der Waals surface area contributed by atoms with Gasteiger partial charge in [0.1, 0.15) is 5.92 Å². The molecule has 0 radical (unpaired) electrons. The second-order valence-corrected chi connectivity index (χ2v) is 4.79. The molecule has 0 rings (SSSR count). The summed E-state index contributed by atoms with van der Waals surface area (Å²) in [4.78, 5) is 11.7. The zero-order valence-corrected chi connectivity index (χ0v) is 11.5. The predicted molar refractivity (Wildman–Crippen MR) is 64.0 cm³/mol. The summed E-state index contributed by atoms with van der Waals surface area (Å²) in [6.45, 7) is 8.42. The minimum atomic E-state index is -0.640. The van der Waals surface area contributed by atoms with Gasteiger partial charge in [-0.3, -0.25) is 4.79 Å². The lowest BCUT2D eigenvalue weighted by Gasteiger charge is -2.18. The van der Waals surface area contributed by atoms with E-state index < -0.39 is 20.2 Å². The summed E-state index contributed by atoms with van der Waals surface area (Å²) >= 11 is 0. The van der Waals surface area contributed by atoms with E-state index in [1.165, 1.54) is 0 Å². The van der Waals surface area contributed by atoms with Crippen molar-refractivity contribution in [1.82, 2.24) is 0 Å². The van der Waals surface area contributed by atoms with Gasteiger partial charge in [0.2, 0.25) is 0 Å². The van der Waals surface area contributed by atoms with Crippen LogP contribution in [0.3, 0.4) is 0 Å². The molecule has 5 heteroatoms. The highest BCUT2D eigenvalue weighted by atomic mass is 31.1. The molecule has 0 bridgehead atoms. The number of esters is 1. The van der Waals surface area contributed by atoms with Gasteiger partial charge in [-0.25, -0.2) is 0 Å². The Kier molecular flexibility index (Phi) is 8.40. The van der Waals surface area contributed by atoms with Crippen molar-refractivity contribution >= 4 is 14.4 Å². The number of hydrogen-bond donors (Lipinski definition) is 0. The fourth-order valence-electron chi connectivity index (χ4n) is 1.51. The highest BCUT2D eigenvalue weighted by Crippen LogP contribution is 2.26. The van der Waals surface area contributed by atoms with E-state index in [0.29, 0.717) is 25.6 Å². The normalized spacial score (nSPS) is 15.1. The molecule has 4 nitrogen and oxygen atoms in total. The van der Waals surface area contributed by atoms with Crippen LogP contribution in [0.15, 0.2) is 0 Å². The summed E-state index contributed by atoms with van der Waals surface area (Å²) in [6, 6.07) is 0. The Bertz CT molecular complexity index is 218. The van der Waals surface area contributed by atoms with Gasteiger partial charge in [-0.15, -0.1) is 0 Å². The zero-order valence-electron chi connectivity index (χ0n) is 10.5. The summed E-state index contributed by atoms with van der Waals surface area (Å²) in [5.41, 5.74) is 0. The van der Waals surface area contributed by atoms with E-state index in [4.69, 9.17) is 9.47 Å². The lowest BCUT2D eigenvalue weighted by atomic mass is 9.97. The van der Waals surface area contributed by atoms with Gasteiger partial charge in [0.05, 0.1) is 6.61 Å². The summed E-state index contributed by atoms with van der Waals surface area (Å²) in [5, 5.41) is 0. The summed E-state index contributed by atoms with van der Waals surface area (Å²) in [7, 11) is -0.640. The van der Waals surface area contributed by atoms with Gasteiger partial charge in [0.25, 0.3) is 5.85 Å². The van der Waals surface area contributed by atoms with Crippen LogP contribution in [-0.2, 0) is 18.8 Å². The average molecular weight is 249 g/mol. The average Bonchev–Trinajstić information content (AvgIpc) is 2.23. The van der Waals surface area contributed by atoms with Gasteiger partial charge < -0.3 is 9.47 Å². The highest BCUT2D eigenvalue weighted by molar-refractivity contribution is 7.24. The predicted octanol–water partition coefficient (Wildman–Crippen LogP) is 2.60. The first kappa shape index (κ1) is 15.5. The van der Waals surface area contributed by atoms with Gasteiger partial charge >= 0.3 is 14.4 Å². The SMILES string of the molecule is CCOC(=O)C(CC(C)C)C(OCC)[PH+]=O. The van der Waals surface area contributed by atoms with Gasteiger partial charge in [-0.1, -0.05) is 18.4 Å². The Morgan fingerprint density at radius 1 is 1.25 bits per heavy atom. The standard InChI is InChI=1S/C11H21O4P/c1-5-14-10(12)9(7-8(3)4)11(16-13)15-6-2/h8-9,11H,5-7H2,1-4H3/p+1. The quantitative estimate of drug-likeness (QED) is 0.490. The molecular formula is C11H22O4P+. The lowest BCUT2D eigenvalue weighted by molar-refractivity contribution is -0.152. The van der Waals surface area contributed by atoms with Gasteiger partial charge in [0, 0.05) is 6.61 Å². The fraction of sp³-hybridized carbons (Fsp3) is 0.909. The third kappa shape index (κ3) is 5.57. The molecule has 0 amide bonds. The Morgan fingerprint density at radius 2 is 1.88 bits per heavy atom. The number of ether oxygens (including phenoxy) is 2. The second kappa shape index (κ2) is 8.66. The second-order valence-electron chi connectivity index (χ2n) is 3.98. The number of carbonyl (C=O) groups excluding carboxylic acids is 1. The molecule has 0 aliphatic carbocycles. The van der Waals surface area contributed by atoms with Crippen molar-refractivity contribution < 1.29 is 18.8 Å². The van der Waals surface area contributed by atoms with E-state index in [0.717, 1.165) is 0 Å². The molecule has 0 aromatic rings. The van der Waals surface area contributed by atoms with Crippen LogP contribution in [0.2, 0.25) is 0 Å². The first-order chi connectivity index (χ1) is 7.56. The first-order valence-electron chi connectivity index (χ1n) is 5.72. The van der Waals surface area contributed by atoms with Crippen LogP contribution in [0.1, 0.15) is 34.1 Å². The Hall–Kier alpha value is -0.470. The van der Waals surface area contributed by atoms with Gasteiger partial charge in [0.15, 0.2) is 0 Å². The van der Waals surface area contributed by atoms with Crippen LogP contribution in [0.5, 0.6) is 0 Å². The molecule has 0 saturated carbocycles. The van der Waals surface area contributed by atoms with Crippen molar-refractivity contribution in [2.45, 2.75) is 40.0 Å². The maximum atomic E-state index is 11.7. The molecule has 0 aliphatic rings. The maximum Gasteiger partial charge on any atom is 0.357 e. The highest BCUT2D eigenvalue weighted by Gasteiger charge is 2.36.